The third-order valence-corrected chi connectivity index (χ3v) is 4.21. The van der Waals surface area contributed by atoms with Gasteiger partial charge in [0.05, 0.1) is 0 Å². The summed E-state index contributed by atoms with van der Waals surface area (Å²) in [6.45, 7) is 1.70. The van der Waals surface area contributed by atoms with E-state index >= 15 is 0 Å². The van der Waals surface area contributed by atoms with Crippen LogP contribution in [0.1, 0.15) is 65.6 Å². The normalized spacial score (nSPS) is 22.7. The average Bonchev–Trinajstić information content (AvgIpc) is 2.30. The van der Waals surface area contributed by atoms with Gasteiger partial charge in [0, 0.05) is 5.56 Å². The Morgan fingerprint density at radius 2 is 1.94 bits per heavy atom. The molecule has 2 aliphatic carbocycles. The lowest BCUT2D eigenvalue weighted by molar-refractivity contribution is 0.101. The van der Waals surface area contributed by atoms with Gasteiger partial charge in [-0.15, -0.1) is 0 Å². The highest BCUT2D eigenvalue weighted by Gasteiger charge is 2.28. The molecule has 0 fully saturated rings. The van der Waals surface area contributed by atoms with E-state index in [1.165, 1.54) is 43.2 Å². The number of benzene rings is 1. The van der Waals surface area contributed by atoms with Crippen LogP contribution in [0.3, 0.4) is 0 Å². The third kappa shape index (κ3) is 1.41. The maximum atomic E-state index is 11.6. The van der Waals surface area contributed by atoms with Crippen LogP contribution in [0.25, 0.3) is 0 Å². The van der Waals surface area contributed by atoms with Gasteiger partial charge in [-0.25, -0.2) is 0 Å². The van der Waals surface area contributed by atoms with Crippen LogP contribution in [0.2, 0.25) is 0 Å². The summed E-state index contributed by atoms with van der Waals surface area (Å²) >= 11 is 0. The van der Waals surface area contributed by atoms with Gasteiger partial charge in [0.2, 0.25) is 0 Å². The van der Waals surface area contributed by atoms with E-state index in [0.717, 1.165) is 17.9 Å². The van der Waals surface area contributed by atoms with Gasteiger partial charge in [-0.1, -0.05) is 12.1 Å². The zero-order valence-corrected chi connectivity index (χ0v) is 9.88. The van der Waals surface area contributed by atoms with E-state index in [4.69, 9.17) is 0 Å². The Bertz CT molecular complexity index is 443. The van der Waals surface area contributed by atoms with Crippen LogP contribution in [0.4, 0.5) is 0 Å². The number of ketones is 1. The molecule has 1 heteroatoms. The minimum Gasteiger partial charge on any atom is -0.295 e. The Labute approximate surface area is 96.9 Å². The molecule has 0 amide bonds. The molecule has 0 bridgehead atoms. The molecule has 1 nitrogen and oxygen atoms in total. The molecule has 1 unspecified atom stereocenters. The maximum absolute atomic E-state index is 11.6. The summed E-state index contributed by atoms with van der Waals surface area (Å²) in [6.07, 6.45) is 7.60. The van der Waals surface area contributed by atoms with E-state index in [2.05, 4.69) is 12.1 Å². The van der Waals surface area contributed by atoms with Crippen molar-refractivity contribution in [3.05, 3.63) is 34.4 Å². The molecule has 2 aliphatic rings. The van der Waals surface area contributed by atoms with E-state index in [9.17, 15) is 4.79 Å². The summed E-state index contributed by atoms with van der Waals surface area (Å²) < 4.78 is 0. The Morgan fingerprint density at radius 3 is 2.69 bits per heavy atom. The lowest BCUT2D eigenvalue weighted by atomic mass is 9.72. The van der Waals surface area contributed by atoms with Gasteiger partial charge in [0.25, 0.3) is 0 Å². The first-order chi connectivity index (χ1) is 7.77. The van der Waals surface area contributed by atoms with Crippen LogP contribution in [0.5, 0.6) is 0 Å². The van der Waals surface area contributed by atoms with Crippen molar-refractivity contribution in [3.8, 4) is 0 Å². The van der Waals surface area contributed by atoms with Crippen molar-refractivity contribution in [2.24, 2.45) is 0 Å². The van der Waals surface area contributed by atoms with Gasteiger partial charge in [0.1, 0.15) is 0 Å². The molecule has 1 atom stereocenters. The molecular weight excluding hydrogens is 196 g/mol. The standard InChI is InChI=1S/C15H18O/c1-10(16)13-9-8-12-5-2-4-11-6-3-7-14(13)15(11)12/h8-9,11H,2-7H2,1H3. The third-order valence-electron chi connectivity index (χ3n) is 4.21. The number of carbonyl (C=O) groups is 1. The first kappa shape index (κ1) is 10.1. The predicted octanol–water partition coefficient (Wildman–Crippen LogP) is 3.65. The number of aryl methyl sites for hydroxylation is 1. The van der Waals surface area contributed by atoms with Crippen LogP contribution < -0.4 is 0 Å². The van der Waals surface area contributed by atoms with Crippen LogP contribution in [0, 0.1) is 0 Å². The topological polar surface area (TPSA) is 17.1 Å². The second kappa shape index (κ2) is 3.73. The molecule has 0 saturated heterocycles. The number of Topliss-reactive ketones (excluding diaryl/α,β-unsaturated/α-hetero) is 1. The molecule has 0 heterocycles. The molecule has 1 aromatic carbocycles. The van der Waals surface area contributed by atoms with Crippen LogP contribution in [0.15, 0.2) is 12.1 Å². The smallest absolute Gasteiger partial charge is 0.160 e. The predicted molar refractivity (Wildman–Crippen MR) is 65.1 cm³/mol. The Kier molecular flexibility index (Phi) is 2.34. The highest BCUT2D eigenvalue weighted by molar-refractivity contribution is 5.96. The van der Waals surface area contributed by atoms with Crippen molar-refractivity contribution in [2.45, 2.75) is 51.4 Å². The molecule has 0 N–H and O–H groups in total. The number of rotatable bonds is 1. The van der Waals surface area contributed by atoms with Crippen LogP contribution in [-0.2, 0) is 12.8 Å². The molecule has 0 aliphatic heterocycles. The fraction of sp³-hybridized carbons (Fsp3) is 0.533. The van der Waals surface area contributed by atoms with Crippen molar-refractivity contribution in [1.82, 2.24) is 0 Å². The van der Waals surface area contributed by atoms with E-state index in [-0.39, 0.29) is 5.78 Å². The van der Waals surface area contributed by atoms with Gasteiger partial charge in [-0.2, -0.15) is 0 Å². The summed E-state index contributed by atoms with van der Waals surface area (Å²) in [4.78, 5) is 11.6. The molecule has 16 heavy (non-hydrogen) atoms. The second-order valence-electron chi connectivity index (χ2n) is 5.20. The summed E-state index contributed by atoms with van der Waals surface area (Å²) in [5, 5.41) is 0. The summed E-state index contributed by atoms with van der Waals surface area (Å²) in [7, 11) is 0. The van der Waals surface area contributed by atoms with Gasteiger partial charge in [0.15, 0.2) is 5.78 Å². The molecular formula is C15H18O. The van der Waals surface area contributed by atoms with Crippen molar-refractivity contribution in [1.29, 1.82) is 0 Å². The number of hydrogen-bond acceptors (Lipinski definition) is 1. The molecule has 3 rings (SSSR count). The molecule has 84 valence electrons. The van der Waals surface area contributed by atoms with E-state index in [1.54, 1.807) is 12.5 Å². The summed E-state index contributed by atoms with van der Waals surface area (Å²) in [5.74, 6) is 0.996. The summed E-state index contributed by atoms with van der Waals surface area (Å²) in [5.41, 5.74) is 5.47. The van der Waals surface area contributed by atoms with Gasteiger partial charge >= 0.3 is 0 Å². The first-order valence-corrected chi connectivity index (χ1v) is 6.43. The maximum Gasteiger partial charge on any atom is 0.160 e. The fourth-order valence-electron chi connectivity index (χ4n) is 3.54. The van der Waals surface area contributed by atoms with E-state index < -0.39 is 0 Å². The minimum atomic E-state index is 0.240. The molecule has 0 spiro atoms. The van der Waals surface area contributed by atoms with Crippen molar-refractivity contribution in [3.63, 3.8) is 0 Å². The molecule has 0 radical (unpaired) electrons. The highest BCUT2D eigenvalue weighted by atomic mass is 16.1. The van der Waals surface area contributed by atoms with Crippen LogP contribution in [-0.4, -0.2) is 5.78 Å². The Hall–Kier alpha value is -1.11. The van der Waals surface area contributed by atoms with Gasteiger partial charge in [-0.05, 0) is 68.1 Å². The lowest BCUT2D eigenvalue weighted by Gasteiger charge is -2.33. The highest BCUT2D eigenvalue weighted by Crippen LogP contribution is 2.42. The average molecular weight is 214 g/mol. The van der Waals surface area contributed by atoms with E-state index in [1.807, 2.05) is 0 Å². The van der Waals surface area contributed by atoms with Crippen LogP contribution >= 0.6 is 0 Å². The van der Waals surface area contributed by atoms with E-state index in [0.29, 0.717) is 0 Å². The van der Waals surface area contributed by atoms with Crippen molar-refractivity contribution in [2.75, 3.05) is 0 Å². The second-order valence-corrected chi connectivity index (χ2v) is 5.20. The largest absolute Gasteiger partial charge is 0.295 e. The fourth-order valence-corrected chi connectivity index (χ4v) is 3.54. The molecule has 0 aromatic heterocycles. The first-order valence-electron chi connectivity index (χ1n) is 6.43. The van der Waals surface area contributed by atoms with Gasteiger partial charge in [-0.3, -0.25) is 4.79 Å². The quantitative estimate of drug-likeness (QED) is 0.652. The minimum absolute atomic E-state index is 0.240. The molecule has 1 aromatic rings. The zero-order valence-electron chi connectivity index (χ0n) is 9.88. The lowest BCUT2D eigenvalue weighted by Crippen LogP contribution is -2.19. The molecule has 0 saturated carbocycles. The number of carbonyl (C=O) groups excluding carboxylic acids is 1. The number of hydrogen-bond donors (Lipinski definition) is 0. The zero-order chi connectivity index (χ0) is 11.1. The van der Waals surface area contributed by atoms with Gasteiger partial charge < -0.3 is 0 Å². The Morgan fingerprint density at radius 1 is 1.19 bits per heavy atom. The monoisotopic (exact) mass is 214 g/mol. The Balaban J connectivity index is 2.21. The van der Waals surface area contributed by atoms with Crippen molar-refractivity contribution >= 4 is 5.78 Å². The summed E-state index contributed by atoms with van der Waals surface area (Å²) in [6, 6.07) is 4.26. The SMILES string of the molecule is CC(=O)c1ccc2c3c1CCCC3CCC2. The van der Waals surface area contributed by atoms with Crippen molar-refractivity contribution < 1.29 is 4.79 Å².